The maximum absolute atomic E-state index is 11.2. The Morgan fingerprint density at radius 1 is 1.21 bits per heavy atom. The number of nitrogens with zero attached hydrogens (tertiary/aromatic N) is 1. The third-order valence-electron chi connectivity index (χ3n) is 4.26. The minimum atomic E-state index is 0.457. The number of hydrogen-bond donors (Lipinski definition) is 0. The first-order valence-electron chi connectivity index (χ1n) is 7.40. The first-order valence-corrected chi connectivity index (χ1v) is 7.40. The number of carbonyl (C=O) groups excluding carboxylic acids is 1. The molecular weight excluding hydrogens is 234 g/mol. The van der Waals surface area contributed by atoms with E-state index in [4.69, 9.17) is 0 Å². The number of carbonyl (C=O) groups is 1. The molecule has 2 heteroatoms. The van der Waals surface area contributed by atoms with Crippen molar-refractivity contribution in [1.29, 1.82) is 0 Å². The molecule has 1 aromatic rings. The fourth-order valence-electron chi connectivity index (χ4n) is 2.92. The lowest BCUT2D eigenvalue weighted by Gasteiger charge is -2.26. The van der Waals surface area contributed by atoms with Gasteiger partial charge in [-0.1, -0.05) is 24.3 Å². The van der Waals surface area contributed by atoms with Crippen LogP contribution in [0.2, 0.25) is 0 Å². The highest BCUT2D eigenvalue weighted by Gasteiger charge is 2.19. The lowest BCUT2D eigenvalue weighted by molar-refractivity contribution is -0.121. The van der Waals surface area contributed by atoms with E-state index in [2.05, 4.69) is 43.1 Å². The van der Waals surface area contributed by atoms with Gasteiger partial charge in [0.05, 0.1) is 0 Å². The van der Waals surface area contributed by atoms with Crippen LogP contribution in [0.15, 0.2) is 24.3 Å². The minimum Gasteiger partial charge on any atom is -0.306 e. The van der Waals surface area contributed by atoms with Crippen LogP contribution in [-0.4, -0.2) is 30.8 Å². The summed E-state index contributed by atoms with van der Waals surface area (Å²) in [5.74, 6) is 1.18. The van der Waals surface area contributed by atoms with Gasteiger partial charge in [-0.2, -0.15) is 0 Å². The van der Waals surface area contributed by atoms with Gasteiger partial charge in [0.1, 0.15) is 5.78 Å². The highest BCUT2D eigenvalue weighted by atomic mass is 16.1. The zero-order valence-electron chi connectivity index (χ0n) is 12.2. The molecule has 0 heterocycles. The Balaban J connectivity index is 1.74. The lowest BCUT2D eigenvalue weighted by Crippen LogP contribution is -2.30. The number of hydrogen-bond acceptors (Lipinski definition) is 2. The fraction of sp³-hybridized carbons (Fsp3) is 0.588. The average Bonchev–Trinajstić information content (AvgIpc) is 2.40. The Hall–Kier alpha value is -1.15. The van der Waals surface area contributed by atoms with Crippen LogP contribution in [0.1, 0.15) is 36.8 Å². The van der Waals surface area contributed by atoms with E-state index in [1.165, 1.54) is 11.1 Å². The van der Waals surface area contributed by atoms with Crippen LogP contribution in [0.25, 0.3) is 0 Å². The van der Waals surface area contributed by atoms with Gasteiger partial charge in [0.25, 0.3) is 0 Å². The Morgan fingerprint density at radius 3 is 2.58 bits per heavy atom. The molecule has 0 atom stereocenters. The smallest absolute Gasteiger partial charge is 0.132 e. The van der Waals surface area contributed by atoms with Gasteiger partial charge >= 0.3 is 0 Å². The molecule has 104 valence electrons. The van der Waals surface area contributed by atoms with E-state index in [0.29, 0.717) is 5.78 Å². The monoisotopic (exact) mass is 259 g/mol. The van der Waals surface area contributed by atoms with Gasteiger partial charge in [-0.25, -0.2) is 0 Å². The van der Waals surface area contributed by atoms with E-state index < -0.39 is 0 Å². The van der Waals surface area contributed by atoms with Crippen LogP contribution in [0.5, 0.6) is 0 Å². The summed E-state index contributed by atoms with van der Waals surface area (Å²) in [4.78, 5) is 13.7. The van der Waals surface area contributed by atoms with Crippen molar-refractivity contribution in [3.05, 3.63) is 35.4 Å². The maximum Gasteiger partial charge on any atom is 0.132 e. The number of benzene rings is 1. The van der Waals surface area contributed by atoms with Crippen LogP contribution in [0.4, 0.5) is 0 Å². The first-order chi connectivity index (χ1) is 9.15. The number of aryl methyl sites for hydroxylation is 1. The molecule has 19 heavy (non-hydrogen) atoms. The Labute approximate surface area is 116 Å². The molecule has 1 aliphatic rings. The summed E-state index contributed by atoms with van der Waals surface area (Å²) in [6.07, 6.45) is 4.91. The number of Topliss-reactive ketones (excluding diaryl/α,β-unsaturated/α-hetero) is 1. The largest absolute Gasteiger partial charge is 0.306 e. The first kappa shape index (κ1) is 14.3. The second-order valence-corrected chi connectivity index (χ2v) is 5.92. The molecule has 0 saturated heterocycles. The predicted molar refractivity (Wildman–Crippen MR) is 79.3 cm³/mol. The highest BCUT2D eigenvalue weighted by Crippen LogP contribution is 2.22. The van der Waals surface area contributed by atoms with Gasteiger partial charge in [0, 0.05) is 25.9 Å². The lowest BCUT2D eigenvalue weighted by atomic mass is 9.88. The summed E-state index contributed by atoms with van der Waals surface area (Å²) >= 11 is 0. The van der Waals surface area contributed by atoms with E-state index in [0.717, 1.165) is 51.1 Å². The van der Waals surface area contributed by atoms with Gasteiger partial charge in [0.15, 0.2) is 0 Å². The van der Waals surface area contributed by atoms with Gasteiger partial charge in [-0.15, -0.1) is 0 Å². The molecular formula is C17H25NO. The molecule has 1 aromatic carbocycles. The Kier molecular flexibility index (Phi) is 5.15. The average molecular weight is 259 g/mol. The van der Waals surface area contributed by atoms with Crippen molar-refractivity contribution in [3.8, 4) is 0 Å². The van der Waals surface area contributed by atoms with Crippen molar-refractivity contribution in [3.63, 3.8) is 0 Å². The summed E-state index contributed by atoms with van der Waals surface area (Å²) in [6.45, 7) is 4.43. The van der Waals surface area contributed by atoms with Crippen molar-refractivity contribution >= 4 is 5.78 Å². The van der Waals surface area contributed by atoms with E-state index in [9.17, 15) is 4.79 Å². The second kappa shape index (κ2) is 6.85. The Bertz CT molecular complexity index is 417. The minimum absolute atomic E-state index is 0.457. The molecule has 0 radical (unpaired) electrons. The Morgan fingerprint density at radius 2 is 1.89 bits per heavy atom. The quantitative estimate of drug-likeness (QED) is 0.809. The van der Waals surface area contributed by atoms with E-state index in [1.807, 2.05) is 0 Å². The molecule has 0 unspecified atom stereocenters. The SMILES string of the molecule is Cc1ccccc1CCN(C)CC1CCC(=O)CC1. The van der Waals surface area contributed by atoms with Gasteiger partial charge < -0.3 is 4.90 Å². The molecule has 1 fully saturated rings. The molecule has 0 N–H and O–H groups in total. The van der Waals surface area contributed by atoms with Crippen molar-refractivity contribution in [2.24, 2.45) is 5.92 Å². The molecule has 0 amide bonds. The third-order valence-corrected chi connectivity index (χ3v) is 4.26. The van der Waals surface area contributed by atoms with Crippen molar-refractivity contribution < 1.29 is 4.79 Å². The van der Waals surface area contributed by atoms with Crippen LogP contribution in [0, 0.1) is 12.8 Å². The van der Waals surface area contributed by atoms with E-state index >= 15 is 0 Å². The highest BCUT2D eigenvalue weighted by molar-refractivity contribution is 5.79. The van der Waals surface area contributed by atoms with Crippen molar-refractivity contribution in [2.75, 3.05) is 20.1 Å². The van der Waals surface area contributed by atoms with Crippen LogP contribution in [-0.2, 0) is 11.2 Å². The standard InChI is InChI=1S/C17H25NO/c1-14-5-3-4-6-16(14)11-12-18(2)13-15-7-9-17(19)10-8-15/h3-6,15H,7-13H2,1-2H3. The zero-order chi connectivity index (χ0) is 13.7. The molecule has 0 spiro atoms. The van der Waals surface area contributed by atoms with Crippen molar-refractivity contribution in [1.82, 2.24) is 4.90 Å². The summed E-state index contributed by atoms with van der Waals surface area (Å²) < 4.78 is 0. The van der Waals surface area contributed by atoms with Gasteiger partial charge in [0.2, 0.25) is 0 Å². The molecule has 0 bridgehead atoms. The summed E-state index contributed by atoms with van der Waals surface area (Å²) in [6, 6.07) is 8.63. The van der Waals surface area contributed by atoms with Gasteiger partial charge in [-0.05, 0) is 50.3 Å². The summed E-state index contributed by atoms with van der Waals surface area (Å²) in [5.41, 5.74) is 2.84. The normalized spacial score (nSPS) is 17.1. The topological polar surface area (TPSA) is 20.3 Å². The number of rotatable bonds is 5. The van der Waals surface area contributed by atoms with Crippen LogP contribution in [0.3, 0.4) is 0 Å². The molecule has 1 saturated carbocycles. The molecule has 0 aromatic heterocycles. The van der Waals surface area contributed by atoms with E-state index in [1.54, 1.807) is 0 Å². The molecule has 2 nitrogen and oxygen atoms in total. The molecule has 0 aliphatic heterocycles. The number of likely N-dealkylation sites (N-methyl/N-ethyl adjacent to an activating group) is 1. The summed E-state index contributed by atoms with van der Waals surface area (Å²) in [7, 11) is 2.20. The van der Waals surface area contributed by atoms with E-state index in [-0.39, 0.29) is 0 Å². The molecule has 1 aliphatic carbocycles. The number of ketones is 1. The fourth-order valence-corrected chi connectivity index (χ4v) is 2.92. The van der Waals surface area contributed by atoms with Crippen LogP contribution >= 0.6 is 0 Å². The van der Waals surface area contributed by atoms with Gasteiger partial charge in [-0.3, -0.25) is 4.79 Å². The second-order valence-electron chi connectivity index (χ2n) is 5.92. The third kappa shape index (κ3) is 4.46. The molecule has 2 rings (SSSR count). The van der Waals surface area contributed by atoms with Crippen molar-refractivity contribution in [2.45, 2.75) is 39.0 Å². The zero-order valence-corrected chi connectivity index (χ0v) is 12.2. The predicted octanol–water partition coefficient (Wildman–Crippen LogP) is 3.23. The summed E-state index contributed by atoms with van der Waals surface area (Å²) in [5, 5.41) is 0. The maximum atomic E-state index is 11.2. The van der Waals surface area contributed by atoms with Crippen LogP contribution < -0.4 is 0 Å².